The van der Waals surface area contributed by atoms with Crippen molar-refractivity contribution in [1.82, 2.24) is 4.98 Å². The summed E-state index contributed by atoms with van der Waals surface area (Å²) in [6.07, 6.45) is 1.81. The molecule has 0 unspecified atom stereocenters. The Balaban J connectivity index is 2.14. The van der Waals surface area contributed by atoms with Gasteiger partial charge in [-0.05, 0) is 49.7 Å². The van der Waals surface area contributed by atoms with E-state index in [1.54, 1.807) is 34.6 Å². The van der Waals surface area contributed by atoms with Gasteiger partial charge >= 0.3 is 0 Å². The van der Waals surface area contributed by atoms with Crippen LogP contribution in [0.2, 0.25) is 0 Å². The molecule has 1 heterocycles. The normalized spacial score (nSPS) is 10.6. The summed E-state index contributed by atoms with van der Waals surface area (Å²) in [5.74, 6) is 3.05. The van der Waals surface area contributed by atoms with Crippen LogP contribution in [0, 0.1) is 0 Å². The maximum atomic E-state index is 5.84. The van der Waals surface area contributed by atoms with Crippen LogP contribution in [0.3, 0.4) is 0 Å². The van der Waals surface area contributed by atoms with Gasteiger partial charge in [0.1, 0.15) is 0 Å². The molecule has 0 amide bonds. The van der Waals surface area contributed by atoms with Gasteiger partial charge in [0, 0.05) is 17.3 Å². The average Bonchev–Trinajstić information content (AvgIpc) is 2.77. The highest BCUT2D eigenvalue weighted by Crippen LogP contribution is 2.43. The van der Waals surface area contributed by atoms with E-state index in [1.165, 1.54) is 0 Å². The Bertz CT molecular complexity index is 991. The van der Waals surface area contributed by atoms with Gasteiger partial charge in [0.05, 0.1) is 40.2 Å². The molecule has 2 aromatic carbocycles. The summed E-state index contributed by atoms with van der Waals surface area (Å²) in [7, 11) is 6.41. The number of pyridine rings is 1. The lowest BCUT2D eigenvalue weighted by molar-refractivity contribution is 0.230. The average molecular weight is 409 g/mol. The van der Waals surface area contributed by atoms with Gasteiger partial charge < -0.3 is 23.7 Å². The number of aromatic nitrogens is 1. The zero-order chi connectivity index (χ0) is 21.7. The SMILES string of the molecule is COc1cc(-c2cccnc2-c2cc(OC)c(OC)c(OC)c2)ccc1OC(C)C. The number of ether oxygens (including phenoxy) is 5. The fourth-order valence-corrected chi connectivity index (χ4v) is 3.27. The fourth-order valence-electron chi connectivity index (χ4n) is 3.27. The topological polar surface area (TPSA) is 59.0 Å². The first kappa shape index (κ1) is 21.3. The van der Waals surface area contributed by atoms with Crippen LogP contribution < -0.4 is 23.7 Å². The Morgan fingerprint density at radius 1 is 0.700 bits per heavy atom. The van der Waals surface area contributed by atoms with E-state index >= 15 is 0 Å². The molecule has 0 aliphatic rings. The lowest BCUT2D eigenvalue weighted by Gasteiger charge is -2.17. The first-order valence-electron chi connectivity index (χ1n) is 9.62. The number of methoxy groups -OCH3 is 4. The Labute approximate surface area is 177 Å². The van der Waals surface area contributed by atoms with Gasteiger partial charge in [-0.1, -0.05) is 12.1 Å². The molecule has 0 radical (unpaired) electrons. The van der Waals surface area contributed by atoms with Crippen LogP contribution in [0.15, 0.2) is 48.7 Å². The van der Waals surface area contributed by atoms with Crippen molar-refractivity contribution in [2.75, 3.05) is 28.4 Å². The van der Waals surface area contributed by atoms with E-state index in [9.17, 15) is 0 Å². The third-order valence-corrected chi connectivity index (χ3v) is 4.58. The molecule has 6 nitrogen and oxygen atoms in total. The molecule has 6 heteroatoms. The summed E-state index contributed by atoms with van der Waals surface area (Å²) in [5.41, 5.74) is 3.54. The molecule has 0 aliphatic carbocycles. The van der Waals surface area contributed by atoms with Crippen LogP contribution in [0.1, 0.15) is 13.8 Å². The van der Waals surface area contributed by atoms with Gasteiger partial charge in [-0.25, -0.2) is 0 Å². The summed E-state index contributed by atoms with van der Waals surface area (Å²) < 4.78 is 27.8. The van der Waals surface area contributed by atoms with Crippen molar-refractivity contribution >= 4 is 0 Å². The van der Waals surface area contributed by atoms with Gasteiger partial charge in [0.2, 0.25) is 5.75 Å². The highest BCUT2D eigenvalue weighted by molar-refractivity contribution is 5.83. The van der Waals surface area contributed by atoms with E-state index in [0.29, 0.717) is 28.7 Å². The van der Waals surface area contributed by atoms with Crippen molar-refractivity contribution in [2.24, 2.45) is 0 Å². The third kappa shape index (κ3) is 4.27. The van der Waals surface area contributed by atoms with E-state index in [0.717, 1.165) is 22.4 Å². The van der Waals surface area contributed by atoms with E-state index in [2.05, 4.69) is 4.98 Å². The minimum atomic E-state index is 0.0536. The quantitative estimate of drug-likeness (QED) is 0.507. The van der Waals surface area contributed by atoms with Gasteiger partial charge in [0.25, 0.3) is 0 Å². The maximum absolute atomic E-state index is 5.84. The molecule has 0 fully saturated rings. The predicted molar refractivity (Wildman–Crippen MR) is 117 cm³/mol. The molecule has 158 valence electrons. The zero-order valence-electron chi connectivity index (χ0n) is 18.2. The number of benzene rings is 2. The summed E-state index contributed by atoms with van der Waals surface area (Å²) in [6, 6.07) is 13.6. The number of hydrogen-bond donors (Lipinski definition) is 0. The Morgan fingerprint density at radius 3 is 1.90 bits per heavy atom. The van der Waals surface area contributed by atoms with Crippen molar-refractivity contribution in [3.05, 3.63) is 48.7 Å². The minimum Gasteiger partial charge on any atom is -0.493 e. The highest BCUT2D eigenvalue weighted by atomic mass is 16.5. The zero-order valence-corrected chi connectivity index (χ0v) is 18.2. The molecular weight excluding hydrogens is 382 g/mol. The van der Waals surface area contributed by atoms with Gasteiger partial charge in [-0.3, -0.25) is 4.98 Å². The van der Waals surface area contributed by atoms with Crippen LogP contribution in [0.25, 0.3) is 22.4 Å². The minimum absolute atomic E-state index is 0.0536. The van der Waals surface area contributed by atoms with Crippen LogP contribution in [0.4, 0.5) is 0 Å². The lowest BCUT2D eigenvalue weighted by Crippen LogP contribution is -2.06. The molecule has 0 saturated heterocycles. The van der Waals surface area contributed by atoms with Crippen LogP contribution >= 0.6 is 0 Å². The summed E-state index contributed by atoms with van der Waals surface area (Å²) in [5, 5.41) is 0. The third-order valence-electron chi connectivity index (χ3n) is 4.58. The molecule has 3 rings (SSSR count). The molecule has 1 aromatic heterocycles. The Morgan fingerprint density at radius 2 is 1.33 bits per heavy atom. The van der Waals surface area contributed by atoms with Crippen molar-refractivity contribution in [3.63, 3.8) is 0 Å². The second-order valence-electron chi connectivity index (χ2n) is 6.85. The number of nitrogens with zero attached hydrogens (tertiary/aromatic N) is 1. The molecule has 0 N–H and O–H groups in total. The van der Waals surface area contributed by atoms with E-state index < -0.39 is 0 Å². The Kier molecular flexibility index (Phi) is 6.67. The van der Waals surface area contributed by atoms with E-state index in [4.69, 9.17) is 23.7 Å². The number of rotatable bonds is 8. The first-order chi connectivity index (χ1) is 14.5. The molecular formula is C24H27NO5. The molecule has 0 aliphatic heterocycles. The summed E-state index contributed by atoms with van der Waals surface area (Å²) >= 11 is 0. The first-order valence-corrected chi connectivity index (χ1v) is 9.62. The smallest absolute Gasteiger partial charge is 0.203 e. The Hall–Kier alpha value is -3.41. The van der Waals surface area contributed by atoms with Crippen molar-refractivity contribution in [2.45, 2.75) is 20.0 Å². The van der Waals surface area contributed by atoms with Crippen molar-refractivity contribution in [1.29, 1.82) is 0 Å². The molecule has 0 atom stereocenters. The second kappa shape index (κ2) is 9.39. The van der Waals surface area contributed by atoms with E-state index in [-0.39, 0.29) is 6.10 Å². The fraction of sp³-hybridized carbons (Fsp3) is 0.292. The summed E-state index contributed by atoms with van der Waals surface area (Å²) in [4.78, 5) is 4.63. The van der Waals surface area contributed by atoms with E-state index in [1.807, 2.05) is 56.3 Å². The predicted octanol–water partition coefficient (Wildman–Crippen LogP) is 5.24. The second-order valence-corrected chi connectivity index (χ2v) is 6.85. The van der Waals surface area contributed by atoms with Gasteiger partial charge in [-0.2, -0.15) is 0 Å². The molecule has 0 bridgehead atoms. The monoisotopic (exact) mass is 409 g/mol. The van der Waals surface area contributed by atoms with Gasteiger partial charge in [0.15, 0.2) is 23.0 Å². The van der Waals surface area contributed by atoms with Crippen molar-refractivity contribution in [3.8, 4) is 51.1 Å². The largest absolute Gasteiger partial charge is 0.493 e. The van der Waals surface area contributed by atoms with Crippen LogP contribution in [0.5, 0.6) is 28.7 Å². The van der Waals surface area contributed by atoms with Crippen LogP contribution in [-0.2, 0) is 0 Å². The maximum Gasteiger partial charge on any atom is 0.203 e. The van der Waals surface area contributed by atoms with Crippen LogP contribution in [-0.4, -0.2) is 39.5 Å². The highest BCUT2D eigenvalue weighted by Gasteiger charge is 2.18. The molecule has 3 aromatic rings. The van der Waals surface area contributed by atoms with Gasteiger partial charge in [-0.15, -0.1) is 0 Å². The molecule has 30 heavy (non-hydrogen) atoms. The molecule has 0 saturated carbocycles. The number of hydrogen-bond acceptors (Lipinski definition) is 6. The molecule has 0 spiro atoms. The summed E-state index contributed by atoms with van der Waals surface area (Å²) in [6.45, 7) is 3.97. The lowest BCUT2D eigenvalue weighted by atomic mass is 9.98. The standard InChI is InChI=1S/C24H27NO5/c1-15(2)30-19-10-9-16(12-20(19)26-3)18-8-7-11-25-23(18)17-13-21(27-4)24(29-6)22(14-17)28-5/h7-15H,1-6H3. The van der Waals surface area contributed by atoms with Crippen molar-refractivity contribution < 1.29 is 23.7 Å².